The van der Waals surface area contributed by atoms with Gasteiger partial charge in [-0.15, -0.1) is 0 Å². The third-order valence-corrected chi connectivity index (χ3v) is 0. The summed E-state index contributed by atoms with van der Waals surface area (Å²) in [5.41, 5.74) is 0. The van der Waals surface area contributed by atoms with Gasteiger partial charge in [0.05, 0.1) is 0 Å². The Morgan fingerprint density at radius 1 is 0.571 bits per heavy atom. The van der Waals surface area contributed by atoms with Crippen LogP contribution in [0, 0.1) is 0 Å². The summed E-state index contributed by atoms with van der Waals surface area (Å²) in [5, 5.41) is 0. The first-order chi connectivity index (χ1) is 1.00. The van der Waals surface area contributed by atoms with Crippen molar-refractivity contribution in [3.8, 4) is 0 Å². The normalized spacial score (nSPS) is 0.571. The molecule has 0 rings (SSSR count). The maximum absolute atomic E-state index is 8.33. The average molecular weight is 300 g/mol. The van der Waals surface area contributed by atoms with E-state index in [-0.39, 0.29) is 23.5 Å². The predicted molar refractivity (Wildman–Crippen MR) is 13.2 cm³/mol. The quantitative estimate of drug-likeness (QED) is 0.600. The van der Waals surface area contributed by atoms with Gasteiger partial charge in [-0.05, 0) is 0 Å². The van der Waals surface area contributed by atoms with Crippen LogP contribution in [0.2, 0.25) is 0 Å². The Kier molecular flexibility index (Phi) is 251000. The topological polar surface area (TPSA) is 17.1 Å². The third-order valence-electron chi connectivity index (χ3n) is 0. The number of hydrogen-bond donors (Lipinski definition) is 0. The van der Waals surface area contributed by atoms with E-state index in [1.807, 2.05) is 0 Å². The fourth-order valence-corrected chi connectivity index (χ4v) is 0. The van der Waals surface area contributed by atoms with Crippen LogP contribution in [0.4, 0.5) is 23.5 Å². The number of halogens is 5. The van der Waals surface area contributed by atoms with E-state index in [0.29, 0.717) is 19.8 Å². The Hall–Kier alpha value is 0.138. The van der Waals surface area contributed by atoms with Gasteiger partial charge >= 0.3 is 23.2 Å². The van der Waals surface area contributed by atoms with Crippen molar-refractivity contribution < 1.29 is 46.7 Å². The molecule has 0 aromatic rings. The van der Waals surface area contributed by atoms with Crippen LogP contribution < -0.4 is 0 Å². The third kappa shape index (κ3) is 5500. The minimum atomic E-state index is 0. The summed E-state index contributed by atoms with van der Waals surface area (Å²) < 4.78 is 8.33. The van der Waals surface area contributed by atoms with Crippen LogP contribution >= 0.6 is 0 Å². The zero-order chi connectivity index (χ0) is 2.00. The minimum absolute atomic E-state index is 0. The fraction of sp³-hybridized carbons (Fsp3) is 0. The molecule has 0 aliphatic rings. The van der Waals surface area contributed by atoms with Gasteiger partial charge in [-0.2, -0.15) is 0 Å². The number of hydrogen-bond acceptors (Lipinski definition) is 1. The van der Waals surface area contributed by atoms with Crippen LogP contribution in [0.25, 0.3) is 0 Å². The van der Waals surface area contributed by atoms with Crippen molar-refractivity contribution in [1.82, 2.24) is 0 Å². The molecule has 0 aliphatic heterocycles. The predicted octanol–water partition coefficient (Wildman–Crippen LogP) is 0.641. The second-order valence-corrected chi connectivity index (χ2v) is 0. The van der Waals surface area contributed by atoms with Gasteiger partial charge in [0.2, 0.25) is 0 Å². The van der Waals surface area contributed by atoms with Crippen LogP contribution in [0.1, 0.15) is 0 Å². The van der Waals surface area contributed by atoms with Crippen LogP contribution in [0.5, 0.6) is 0 Å². The summed E-state index contributed by atoms with van der Waals surface area (Å²) in [6, 6.07) is 0. The molecule has 0 aromatic heterocycles. The summed E-state index contributed by atoms with van der Waals surface area (Å²) in [5.74, 6) is 0. The van der Waals surface area contributed by atoms with Gasteiger partial charge in [0.15, 0.2) is 0 Å². The molecule has 0 heterocycles. The summed E-state index contributed by atoms with van der Waals surface area (Å²) in [6.45, 7) is 0. The fourth-order valence-electron chi connectivity index (χ4n) is 0. The first-order valence-electron chi connectivity index (χ1n) is 0.167. The van der Waals surface area contributed by atoms with Crippen molar-refractivity contribution in [2.45, 2.75) is 0 Å². The Morgan fingerprint density at radius 2 is 0.571 bits per heavy atom. The van der Waals surface area contributed by atoms with Crippen molar-refractivity contribution in [3.63, 3.8) is 0 Å². The van der Waals surface area contributed by atoms with Crippen LogP contribution in [0.15, 0.2) is 0 Å². The maximum atomic E-state index is 8.33. The molecule has 0 aliphatic carbocycles. The molecular formula is H5F5OW. The van der Waals surface area contributed by atoms with E-state index in [1.54, 1.807) is 0 Å². The molecule has 0 atom stereocenters. The zero-order valence-electron chi connectivity index (χ0n) is 2.86. The van der Waals surface area contributed by atoms with Crippen molar-refractivity contribution in [1.29, 1.82) is 0 Å². The molecule has 0 unspecified atom stereocenters. The van der Waals surface area contributed by atoms with Gasteiger partial charge in [0.1, 0.15) is 0 Å². The molecule has 7 heteroatoms. The van der Waals surface area contributed by atoms with Gasteiger partial charge < -0.3 is 0 Å². The molecule has 0 saturated carbocycles. The van der Waals surface area contributed by atoms with Crippen molar-refractivity contribution in [3.05, 3.63) is 0 Å². The summed E-state index contributed by atoms with van der Waals surface area (Å²) in [4.78, 5) is 0. The van der Waals surface area contributed by atoms with E-state index >= 15 is 0 Å². The van der Waals surface area contributed by atoms with E-state index in [2.05, 4.69) is 0 Å². The molecule has 0 fully saturated rings. The number of rotatable bonds is 0. The standard InChI is InChI=1S/5FH.O.W/h5*1H;;. The molecule has 0 saturated heterocycles. The molecule has 7 heavy (non-hydrogen) atoms. The molecule has 52 valence electrons. The molecule has 0 bridgehead atoms. The van der Waals surface area contributed by atoms with E-state index in [9.17, 15) is 0 Å². The second-order valence-electron chi connectivity index (χ2n) is 0. The van der Waals surface area contributed by atoms with Crippen molar-refractivity contribution in [2.24, 2.45) is 0 Å². The van der Waals surface area contributed by atoms with E-state index < -0.39 is 0 Å². The monoisotopic (exact) mass is 300 g/mol. The second kappa shape index (κ2) is 8470. The van der Waals surface area contributed by atoms with E-state index in [0.717, 1.165) is 0 Å². The van der Waals surface area contributed by atoms with Crippen molar-refractivity contribution >= 4 is 0 Å². The zero-order valence-corrected chi connectivity index (χ0v) is 5.79. The van der Waals surface area contributed by atoms with Crippen LogP contribution in [-0.4, -0.2) is 0 Å². The first kappa shape index (κ1) is 208. The molecular weight excluding hydrogens is 295 g/mol. The summed E-state index contributed by atoms with van der Waals surface area (Å²) >= 11 is 0.333. The van der Waals surface area contributed by atoms with Crippen LogP contribution in [-0.2, 0) is 23.2 Å². The molecule has 0 radical (unpaired) electrons. The molecule has 0 spiro atoms. The molecule has 0 aromatic carbocycles. The Bertz CT molecular complexity index is 8.04. The van der Waals surface area contributed by atoms with Gasteiger partial charge in [0, 0.05) is 0 Å². The molecule has 0 amide bonds. The SMILES string of the molecule is F.F.F.F.F.[O]=[W]. The van der Waals surface area contributed by atoms with Crippen LogP contribution in [0.3, 0.4) is 0 Å². The first-order valence-corrected chi connectivity index (χ1v) is 1.36. The van der Waals surface area contributed by atoms with E-state index in [4.69, 9.17) is 3.40 Å². The van der Waals surface area contributed by atoms with Gasteiger partial charge in [-0.1, -0.05) is 0 Å². The Balaban J connectivity index is -0.000000000500. The molecule has 1 nitrogen and oxygen atoms in total. The Morgan fingerprint density at radius 3 is 0.571 bits per heavy atom. The van der Waals surface area contributed by atoms with Gasteiger partial charge in [0.25, 0.3) is 0 Å². The Labute approximate surface area is 47.5 Å². The summed E-state index contributed by atoms with van der Waals surface area (Å²) in [7, 11) is 0. The summed E-state index contributed by atoms with van der Waals surface area (Å²) in [6.07, 6.45) is 0. The average Bonchev–Trinajstić information content (AvgIpc) is 1.00. The van der Waals surface area contributed by atoms with Gasteiger partial charge in [-0.25, -0.2) is 0 Å². The molecule has 0 N–H and O–H groups in total. The van der Waals surface area contributed by atoms with Gasteiger partial charge in [-0.3, -0.25) is 23.5 Å². The van der Waals surface area contributed by atoms with Crippen molar-refractivity contribution in [2.75, 3.05) is 0 Å². The van der Waals surface area contributed by atoms with E-state index in [1.165, 1.54) is 0 Å².